The first-order chi connectivity index (χ1) is 13.9. The van der Waals surface area contributed by atoms with E-state index in [0.717, 1.165) is 12.8 Å². The minimum atomic E-state index is -0.524. The van der Waals surface area contributed by atoms with Crippen LogP contribution < -0.4 is 10.1 Å². The van der Waals surface area contributed by atoms with Crippen LogP contribution in [-0.4, -0.2) is 50.7 Å². The number of nitro benzene ring substituents is 1. The van der Waals surface area contributed by atoms with Crippen LogP contribution >= 0.6 is 11.6 Å². The highest BCUT2D eigenvalue weighted by atomic mass is 35.5. The monoisotopic (exact) mass is 419 g/mol. The van der Waals surface area contributed by atoms with Crippen LogP contribution in [0, 0.1) is 10.1 Å². The van der Waals surface area contributed by atoms with Gasteiger partial charge in [0, 0.05) is 36.5 Å². The SMILES string of the molecule is CN1C2CCC1CC(NC(=O)c1ccn(COc3ccc([N+](=O)[O-])cc3Cl)n1)C2. The Morgan fingerprint density at radius 1 is 1.34 bits per heavy atom. The maximum atomic E-state index is 12.5. The van der Waals surface area contributed by atoms with Gasteiger partial charge in [0.25, 0.3) is 11.6 Å². The van der Waals surface area contributed by atoms with Gasteiger partial charge < -0.3 is 15.0 Å². The second-order valence-corrected chi connectivity index (χ2v) is 7.99. The van der Waals surface area contributed by atoms with E-state index in [4.69, 9.17) is 16.3 Å². The lowest BCUT2D eigenvalue weighted by Crippen LogP contribution is -2.48. The van der Waals surface area contributed by atoms with E-state index in [1.54, 1.807) is 12.3 Å². The van der Waals surface area contributed by atoms with Gasteiger partial charge in [-0.1, -0.05) is 11.6 Å². The molecule has 9 nitrogen and oxygen atoms in total. The third-order valence-corrected chi connectivity index (χ3v) is 6.08. The zero-order valence-corrected chi connectivity index (χ0v) is 16.7. The summed E-state index contributed by atoms with van der Waals surface area (Å²) in [7, 11) is 2.17. The molecule has 1 aromatic carbocycles. The summed E-state index contributed by atoms with van der Waals surface area (Å²) in [6, 6.07) is 6.90. The van der Waals surface area contributed by atoms with Gasteiger partial charge >= 0.3 is 0 Å². The number of benzene rings is 1. The molecule has 2 aliphatic heterocycles. The van der Waals surface area contributed by atoms with Crippen LogP contribution in [-0.2, 0) is 6.73 Å². The van der Waals surface area contributed by atoms with Crippen LogP contribution in [0.15, 0.2) is 30.5 Å². The number of ether oxygens (including phenoxy) is 1. The van der Waals surface area contributed by atoms with Gasteiger partial charge in [-0.25, -0.2) is 4.68 Å². The number of aromatic nitrogens is 2. The Kier molecular flexibility index (Phi) is 5.42. The summed E-state index contributed by atoms with van der Waals surface area (Å²) < 4.78 is 7.03. The molecule has 0 radical (unpaired) electrons. The Bertz CT molecular complexity index is 919. The fourth-order valence-electron chi connectivity index (χ4n) is 4.20. The molecule has 10 heteroatoms. The number of nitrogens with one attached hydrogen (secondary N) is 1. The molecule has 1 aromatic heterocycles. The second kappa shape index (κ2) is 8.00. The summed E-state index contributed by atoms with van der Waals surface area (Å²) in [5.41, 5.74) is 0.220. The molecule has 2 saturated heterocycles. The predicted octanol–water partition coefficient (Wildman–Crippen LogP) is 2.84. The lowest BCUT2D eigenvalue weighted by atomic mass is 9.98. The topological polar surface area (TPSA) is 103 Å². The Morgan fingerprint density at radius 3 is 2.72 bits per heavy atom. The number of piperidine rings is 1. The lowest BCUT2D eigenvalue weighted by Gasteiger charge is -2.36. The van der Waals surface area contributed by atoms with Gasteiger partial charge in [-0.2, -0.15) is 5.10 Å². The zero-order valence-electron chi connectivity index (χ0n) is 16.0. The number of amides is 1. The molecule has 0 saturated carbocycles. The van der Waals surface area contributed by atoms with Crippen molar-refractivity contribution in [2.24, 2.45) is 0 Å². The van der Waals surface area contributed by atoms with Gasteiger partial charge in [-0.05, 0) is 44.9 Å². The van der Waals surface area contributed by atoms with Crippen molar-refractivity contribution >= 4 is 23.2 Å². The van der Waals surface area contributed by atoms with E-state index >= 15 is 0 Å². The highest BCUT2D eigenvalue weighted by Gasteiger charge is 2.38. The van der Waals surface area contributed by atoms with Crippen molar-refractivity contribution in [1.29, 1.82) is 0 Å². The molecule has 2 aliphatic rings. The quantitative estimate of drug-likeness (QED) is 0.570. The van der Waals surface area contributed by atoms with Crippen LogP contribution in [0.3, 0.4) is 0 Å². The number of carbonyl (C=O) groups excluding carboxylic acids is 1. The molecule has 0 spiro atoms. The first-order valence-electron chi connectivity index (χ1n) is 9.53. The van der Waals surface area contributed by atoms with E-state index in [1.807, 2.05) is 0 Å². The number of non-ortho nitro benzene ring substituents is 1. The third-order valence-electron chi connectivity index (χ3n) is 5.79. The van der Waals surface area contributed by atoms with E-state index in [9.17, 15) is 14.9 Å². The standard InChI is InChI=1S/C19H22ClN5O4/c1-23-13-2-3-14(23)9-12(8-13)21-19(26)17-6-7-24(22-17)11-29-18-5-4-15(25(27)28)10-16(18)20/h4-7,10,12-14H,2-3,8-9,11H2,1H3,(H,21,26). The summed E-state index contributed by atoms with van der Waals surface area (Å²) in [6.07, 6.45) is 5.99. The van der Waals surface area contributed by atoms with Crippen molar-refractivity contribution in [2.75, 3.05) is 7.05 Å². The molecule has 1 N–H and O–H groups in total. The number of halogens is 1. The molecule has 2 aromatic rings. The fraction of sp³-hybridized carbons (Fsp3) is 0.474. The molecule has 154 valence electrons. The molecule has 2 atom stereocenters. The number of nitrogens with zero attached hydrogens (tertiary/aromatic N) is 4. The smallest absolute Gasteiger partial charge is 0.271 e. The highest BCUT2D eigenvalue weighted by Crippen LogP contribution is 2.34. The summed E-state index contributed by atoms with van der Waals surface area (Å²) in [6.45, 7) is 0.0309. The highest BCUT2D eigenvalue weighted by molar-refractivity contribution is 6.32. The van der Waals surface area contributed by atoms with Gasteiger partial charge in [0.2, 0.25) is 0 Å². The second-order valence-electron chi connectivity index (χ2n) is 7.58. The van der Waals surface area contributed by atoms with Crippen LogP contribution in [0.2, 0.25) is 5.02 Å². The number of hydrogen-bond acceptors (Lipinski definition) is 6. The largest absolute Gasteiger partial charge is 0.470 e. The minimum Gasteiger partial charge on any atom is -0.470 e. The Morgan fingerprint density at radius 2 is 2.07 bits per heavy atom. The number of hydrogen-bond donors (Lipinski definition) is 1. The van der Waals surface area contributed by atoms with Gasteiger partial charge in [0.05, 0.1) is 9.95 Å². The van der Waals surface area contributed by atoms with E-state index in [0.29, 0.717) is 23.5 Å². The lowest BCUT2D eigenvalue weighted by molar-refractivity contribution is -0.384. The van der Waals surface area contributed by atoms with E-state index in [1.165, 1.54) is 35.7 Å². The predicted molar refractivity (Wildman–Crippen MR) is 106 cm³/mol. The van der Waals surface area contributed by atoms with Gasteiger partial charge in [0.1, 0.15) is 11.4 Å². The molecule has 3 heterocycles. The summed E-state index contributed by atoms with van der Waals surface area (Å²) >= 11 is 6.02. The third kappa shape index (κ3) is 4.20. The first kappa shape index (κ1) is 19.7. The fourth-order valence-corrected chi connectivity index (χ4v) is 4.43. The van der Waals surface area contributed by atoms with Crippen LogP contribution in [0.1, 0.15) is 36.2 Å². The average molecular weight is 420 g/mol. The summed E-state index contributed by atoms with van der Waals surface area (Å²) in [5.74, 6) is 0.117. The molecule has 29 heavy (non-hydrogen) atoms. The summed E-state index contributed by atoms with van der Waals surface area (Å²) in [4.78, 5) is 25.2. The van der Waals surface area contributed by atoms with Crippen molar-refractivity contribution in [2.45, 2.75) is 50.5 Å². The van der Waals surface area contributed by atoms with Gasteiger partial charge in [0.15, 0.2) is 6.73 Å². The van der Waals surface area contributed by atoms with E-state index < -0.39 is 4.92 Å². The molecule has 2 bridgehead atoms. The molecule has 4 rings (SSSR count). The molecular weight excluding hydrogens is 398 g/mol. The van der Waals surface area contributed by atoms with Crippen molar-refractivity contribution < 1.29 is 14.5 Å². The number of rotatable bonds is 6. The Labute approximate surface area is 172 Å². The van der Waals surface area contributed by atoms with Crippen LogP contribution in [0.4, 0.5) is 5.69 Å². The molecule has 0 aliphatic carbocycles. The van der Waals surface area contributed by atoms with E-state index in [-0.39, 0.29) is 29.4 Å². The number of fused-ring (bicyclic) bond motifs is 2. The Balaban J connectivity index is 1.32. The molecule has 2 fully saturated rings. The van der Waals surface area contributed by atoms with Crippen molar-refractivity contribution in [3.8, 4) is 5.75 Å². The van der Waals surface area contributed by atoms with Crippen LogP contribution in [0.5, 0.6) is 5.75 Å². The normalized spacial score (nSPS) is 23.7. The maximum Gasteiger partial charge on any atom is 0.271 e. The maximum absolute atomic E-state index is 12.5. The minimum absolute atomic E-state index is 0.0309. The van der Waals surface area contributed by atoms with E-state index in [2.05, 4.69) is 22.4 Å². The molecule has 2 unspecified atom stereocenters. The summed E-state index contributed by atoms with van der Waals surface area (Å²) in [5, 5.41) is 18.3. The van der Waals surface area contributed by atoms with Gasteiger partial charge in [-0.3, -0.25) is 14.9 Å². The zero-order chi connectivity index (χ0) is 20.5. The Hall–Kier alpha value is -2.65. The van der Waals surface area contributed by atoms with Crippen molar-refractivity contribution in [3.63, 3.8) is 0 Å². The number of carbonyl (C=O) groups is 1. The molecule has 1 amide bonds. The van der Waals surface area contributed by atoms with Crippen molar-refractivity contribution in [3.05, 3.63) is 51.3 Å². The first-order valence-corrected chi connectivity index (χ1v) is 9.91. The number of nitro groups is 1. The molecular formula is C19H22ClN5O4. The van der Waals surface area contributed by atoms with Crippen LogP contribution in [0.25, 0.3) is 0 Å². The van der Waals surface area contributed by atoms with Crippen molar-refractivity contribution in [1.82, 2.24) is 20.0 Å². The van der Waals surface area contributed by atoms with Gasteiger partial charge in [-0.15, -0.1) is 0 Å². The average Bonchev–Trinajstić information content (AvgIpc) is 3.22.